The number of halogens is 5. The Bertz CT molecular complexity index is 1490. The van der Waals surface area contributed by atoms with Gasteiger partial charge in [-0.1, -0.05) is 0 Å². The smallest absolute Gasteiger partial charge is 0.490 e. The summed E-state index contributed by atoms with van der Waals surface area (Å²) >= 11 is 0. The minimum absolute atomic E-state index is 0.00690. The van der Waals surface area contributed by atoms with Gasteiger partial charge in [0.05, 0.1) is 7.11 Å². The van der Waals surface area contributed by atoms with Crippen molar-refractivity contribution in [2.24, 2.45) is 5.73 Å². The Morgan fingerprint density at radius 1 is 1.07 bits per heavy atom. The number of nitrogens with one attached hydrogen (secondary N) is 1. The van der Waals surface area contributed by atoms with Crippen molar-refractivity contribution in [3.63, 3.8) is 0 Å². The second-order valence-corrected chi connectivity index (χ2v) is 8.85. The number of fused-ring (bicyclic) bond motifs is 1. The standard InChI is InChI=1S/C25H20F5N3O7/c1-24(2)10-37-21-16(39-24)9-15(38-14-5-4-13(40-25(28,29)30)18(26)20(14)36-3)17(19(21)27)23(35)33-11-6-7-32-12(8-11)22(31)34/h4-9H,10H2,1-3H3,(H2,31,34)(H,32,33,35). The highest BCUT2D eigenvalue weighted by Crippen LogP contribution is 2.46. The molecule has 15 heteroatoms. The lowest BCUT2D eigenvalue weighted by Gasteiger charge is -2.33. The largest absolute Gasteiger partial charge is 0.573 e. The van der Waals surface area contributed by atoms with Gasteiger partial charge in [-0.2, -0.15) is 4.39 Å². The predicted molar refractivity (Wildman–Crippen MR) is 127 cm³/mol. The van der Waals surface area contributed by atoms with Gasteiger partial charge in [-0.25, -0.2) is 4.39 Å². The second kappa shape index (κ2) is 10.4. The molecule has 2 heterocycles. The van der Waals surface area contributed by atoms with Crippen LogP contribution < -0.4 is 34.7 Å². The summed E-state index contributed by atoms with van der Waals surface area (Å²) in [5.41, 5.74) is 3.35. The van der Waals surface area contributed by atoms with Gasteiger partial charge in [0.25, 0.3) is 11.8 Å². The maximum absolute atomic E-state index is 15.8. The summed E-state index contributed by atoms with van der Waals surface area (Å²) < 4.78 is 93.9. The van der Waals surface area contributed by atoms with Crippen LogP contribution in [-0.4, -0.2) is 42.5 Å². The number of carbonyl (C=O) groups excluding carboxylic acids is 2. The lowest BCUT2D eigenvalue weighted by Crippen LogP contribution is -2.39. The van der Waals surface area contributed by atoms with Crippen molar-refractivity contribution in [1.29, 1.82) is 0 Å². The Kier molecular flexibility index (Phi) is 7.32. The fourth-order valence-corrected chi connectivity index (χ4v) is 3.61. The van der Waals surface area contributed by atoms with E-state index < -0.39 is 69.7 Å². The number of alkyl halides is 3. The van der Waals surface area contributed by atoms with Gasteiger partial charge in [0.1, 0.15) is 29.2 Å². The van der Waals surface area contributed by atoms with E-state index in [2.05, 4.69) is 15.0 Å². The number of methoxy groups -OCH3 is 1. The van der Waals surface area contributed by atoms with Gasteiger partial charge in [0.15, 0.2) is 28.8 Å². The summed E-state index contributed by atoms with van der Waals surface area (Å²) in [4.78, 5) is 28.4. The highest BCUT2D eigenvalue weighted by Gasteiger charge is 2.36. The minimum Gasteiger partial charge on any atom is -0.490 e. The summed E-state index contributed by atoms with van der Waals surface area (Å²) in [6.45, 7) is 3.21. The number of rotatable bonds is 7. The number of benzene rings is 2. The van der Waals surface area contributed by atoms with E-state index in [1.54, 1.807) is 13.8 Å². The molecule has 3 aromatic rings. The number of nitrogens with zero attached hydrogens (tertiary/aromatic N) is 1. The highest BCUT2D eigenvalue weighted by atomic mass is 19.4. The molecule has 4 rings (SSSR count). The molecular formula is C25H20F5N3O7. The molecule has 0 aliphatic carbocycles. The zero-order chi connectivity index (χ0) is 29.4. The van der Waals surface area contributed by atoms with Crippen molar-refractivity contribution in [3.05, 3.63) is 59.4 Å². The quantitative estimate of drug-likeness (QED) is 0.382. The first-order valence-corrected chi connectivity index (χ1v) is 11.2. The Morgan fingerprint density at radius 3 is 2.42 bits per heavy atom. The lowest BCUT2D eigenvalue weighted by molar-refractivity contribution is -0.275. The molecule has 212 valence electrons. The van der Waals surface area contributed by atoms with E-state index in [9.17, 15) is 27.2 Å². The Morgan fingerprint density at radius 2 is 1.77 bits per heavy atom. The topological polar surface area (TPSA) is 131 Å². The molecule has 3 N–H and O–H groups in total. The molecule has 0 unspecified atom stereocenters. The van der Waals surface area contributed by atoms with E-state index in [1.165, 1.54) is 12.3 Å². The molecule has 10 nitrogen and oxygen atoms in total. The van der Waals surface area contributed by atoms with Gasteiger partial charge in [0, 0.05) is 18.0 Å². The van der Waals surface area contributed by atoms with E-state index in [4.69, 9.17) is 24.7 Å². The first kappa shape index (κ1) is 28.2. The molecule has 0 bridgehead atoms. The van der Waals surface area contributed by atoms with E-state index in [-0.39, 0.29) is 23.7 Å². The average molecular weight is 569 g/mol. The molecule has 2 amide bonds. The molecule has 2 aromatic carbocycles. The summed E-state index contributed by atoms with van der Waals surface area (Å²) in [7, 11) is 0.947. The van der Waals surface area contributed by atoms with Crippen molar-refractivity contribution in [1.82, 2.24) is 4.98 Å². The summed E-state index contributed by atoms with van der Waals surface area (Å²) in [5, 5.41) is 2.36. The number of amides is 2. The number of hydrogen-bond donors (Lipinski definition) is 2. The Labute approximate surface area is 222 Å². The first-order chi connectivity index (χ1) is 18.7. The van der Waals surface area contributed by atoms with Crippen molar-refractivity contribution in [2.45, 2.75) is 25.8 Å². The first-order valence-electron chi connectivity index (χ1n) is 11.2. The van der Waals surface area contributed by atoms with Gasteiger partial charge >= 0.3 is 6.36 Å². The van der Waals surface area contributed by atoms with Crippen LogP contribution in [0.25, 0.3) is 0 Å². The fraction of sp³-hybridized carbons (Fsp3) is 0.240. The van der Waals surface area contributed by atoms with Crippen LogP contribution in [0.2, 0.25) is 0 Å². The number of carbonyl (C=O) groups is 2. The zero-order valence-corrected chi connectivity index (χ0v) is 20.9. The van der Waals surface area contributed by atoms with Crippen LogP contribution in [0.3, 0.4) is 0 Å². The van der Waals surface area contributed by atoms with Gasteiger partial charge < -0.3 is 34.7 Å². The number of pyridine rings is 1. The molecule has 1 aliphatic heterocycles. The number of aromatic nitrogens is 1. The van der Waals surface area contributed by atoms with Crippen LogP contribution in [0.4, 0.5) is 27.6 Å². The molecular weight excluding hydrogens is 549 g/mol. The third-order valence-corrected chi connectivity index (χ3v) is 5.27. The lowest BCUT2D eigenvalue weighted by atomic mass is 10.1. The van der Waals surface area contributed by atoms with Crippen LogP contribution >= 0.6 is 0 Å². The summed E-state index contributed by atoms with van der Waals surface area (Å²) in [5.74, 6) is -8.49. The maximum atomic E-state index is 15.8. The average Bonchev–Trinajstić information content (AvgIpc) is 2.84. The summed E-state index contributed by atoms with van der Waals surface area (Å²) in [6.07, 6.45) is -4.03. The maximum Gasteiger partial charge on any atom is 0.573 e. The molecule has 0 saturated heterocycles. The van der Waals surface area contributed by atoms with Crippen LogP contribution in [0, 0.1) is 11.6 Å². The van der Waals surface area contributed by atoms with Crippen LogP contribution in [0.15, 0.2) is 36.5 Å². The fourth-order valence-electron chi connectivity index (χ4n) is 3.61. The van der Waals surface area contributed by atoms with E-state index in [1.807, 2.05) is 0 Å². The van der Waals surface area contributed by atoms with Crippen LogP contribution in [0.1, 0.15) is 34.7 Å². The third-order valence-electron chi connectivity index (χ3n) is 5.27. The molecule has 40 heavy (non-hydrogen) atoms. The van der Waals surface area contributed by atoms with Crippen molar-refractivity contribution < 1.29 is 55.2 Å². The zero-order valence-electron chi connectivity index (χ0n) is 20.9. The number of primary amides is 1. The van der Waals surface area contributed by atoms with E-state index >= 15 is 4.39 Å². The van der Waals surface area contributed by atoms with Crippen molar-refractivity contribution in [2.75, 3.05) is 19.0 Å². The molecule has 0 atom stereocenters. The van der Waals surface area contributed by atoms with Gasteiger partial charge in [0.2, 0.25) is 11.6 Å². The highest BCUT2D eigenvalue weighted by molar-refractivity contribution is 6.07. The molecule has 0 spiro atoms. The van der Waals surface area contributed by atoms with Crippen LogP contribution in [0.5, 0.6) is 34.5 Å². The van der Waals surface area contributed by atoms with Gasteiger partial charge in [-0.3, -0.25) is 14.6 Å². The number of anilines is 1. The molecule has 1 aliphatic rings. The van der Waals surface area contributed by atoms with Gasteiger partial charge in [-0.05, 0) is 38.1 Å². The molecule has 0 saturated carbocycles. The number of ether oxygens (including phenoxy) is 5. The predicted octanol–water partition coefficient (Wildman–Crippen LogP) is 4.96. The van der Waals surface area contributed by atoms with Crippen molar-refractivity contribution in [3.8, 4) is 34.5 Å². The van der Waals surface area contributed by atoms with Crippen molar-refractivity contribution >= 4 is 17.5 Å². The SMILES string of the molecule is COc1c(Oc2cc3c(c(F)c2C(=O)Nc2ccnc(C(N)=O)c2)OCC(C)(C)O3)ccc(OC(F)(F)F)c1F. The molecule has 1 aromatic heterocycles. The van der Waals surface area contributed by atoms with E-state index in [0.29, 0.717) is 6.07 Å². The van der Waals surface area contributed by atoms with E-state index in [0.717, 1.165) is 25.3 Å². The molecule has 0 radical (unpaired) electrons. The normalized spacial score (nSPS) is 13.8. The third kappa shape index (κ3) is 5.92. The Hall–Kier alpha value is -4.82. The second-order valence-electron chi connectivity index (χ2n) is 8.85. The molecule has 0 fully saturated rings. The number of hydrogen-bond acceptors (Lipinski definition) is 8. The minimum atomic E-state index is -5.20. The van der Waals surface area contributed by atoms with Gasteiger partial charge in [-0.15, -0.1) is 13.2 Å². The number of nitrogens with two attached hydrogens (primary N) is 1. The Balaban J connectivity index is 1.80. The monoisotopic (exact) mass is 569 g/mol. The van der Waals surface area contributed by atoms with Crippen LogP contribution in [-0.2, 0) is 0 Å². The summed E-state index contributed by atoms with van der Waals surface area (Å²) in [6, 6.07) is 5.00.